The van der Waals surface area contributed by atoms with Crippen LogP contribution < -0.4 is 4.74 Å². The summed E-state index contributed by atoms with van der Waals surface area (Å²) in [6.07, 6.45) is 7.49. The van der Waals surface area contributed by atoms with Crippen molar-refractivity contribution >= 4 is 0 Å². The van der Waals surface area contributed by atoms with Gasteiger partial charge in [-0.25, -0.2) is 14.4 Å². The van der Waals surface area contributed by atoms with Crippen molar-refractivity contribution in [2.75, 3.05) is 33.3 Å². The highest BCUT2D eigenvalue weighted by Crippen LogP contribution is 2.39. The Morgan fingerprint density at radius 3 is 2.33 bits per heavy atom. The van der Waals surface area contributed by atoms with Gasteiger partial charge in [0.05, 0.1) is 7.11 Å². The van der Waals surface area contributed by atoms with E-state index in [2.05, 4.69) is 19.8 Å². The first-order chi connectivity index (χ1) is 13.1. The zero-order valence-electron chi connectivity index (χ0n) is 15.9. The van der Waals surface area contributed by atoms with Crippen LogP contribution in [0.5, 0.6) is 6.01 Å². The molecule has 4 rings (SSSR count). The molecule has 1 unspecified atom stereocenters. The topological polar surface area (TPSA) is 41.5 Å². The molecule has 144 valence electrons. The summed E-state index contributed by atoms with van der Waals surface area (Å²) in [5.41, 5.74) is 2.71. The molecule has 2 aromatic rings. The van der Waals surface area contributed by atoms with Crippen molar-refractivity contribution in [3.8, 4) is 6.01 Å². The Labute approximate surface area is 160 Å². The van der Waals surface area contributed by atoms with Crippen LogP contribution in [0.2, 0.25) is 0 Å². The number of aromatic nitrogens is 2. The molecule has 5 nitrogen and oxygen atoms in total. The van der Waals surface area contributed by atoms with Crippen LogP contribution in [0.1, 0.15) is 30.4 Å². The zero-order chi connectivity index (χ0) is 18.7. The molecule has 0 radical (unpaired) electrons. The molecule has 2 saturated heterocycles. The number of methoxy groups -OCH3 is 1. The van der Waals surface area contributed by atoms with E-state index in [4.69, 9.17) is 4.74 Å². The molecular weight excluding hydrogens is 343 g/mol. The van der Waals surface area contributed by atoms with Crippen LogP contribution in [0, 0.1) is 11.2 Å². The van der Waals surface area contributed by atoms with Gasteiger partial charge in [-0.1, -0.05) is 12.1 Å². The van der Waals surface area contributed by atoms with Crippen molar-refractivity contribution in [2.24, 2.45) is 5.41 Å². The second kappa shape index (κ2) is 7.90. The lowest BCUT2D eigenvalue weighted by molar-refractivity contribution is 0.0866. The molecule has 0 bridgehead atoms. The number of hydrogen-bond donors (Lipinski definition) is 0. The number of hydrogen-bond acceptors (Lipinski definition) is 5. The fraction of sp³-hybridized carbons (Fsp3) is 0.524. The molecule has 1 atom stereocenters. The molecule has 2 aliphatic rings. The molecule has 27 heavy (non-hydrogen) atoms. The molecule has 0 N–H and O–H groups in total. The van der Waals surface area contributed by atoms with E-state index >= 15 is 0 Å². The molecule has 3 heterocycles. The summed E-state index contributed by atoms with van der Waals surface area (Å²) in [6.45, 7) is 6.30. The summed E-state index contributed by atoms with van der Waals surface area (Å²) in [5, 5.41) is 0. The quantitative estimate of drug-likeness (QED) is 0.809. The predicted octanol–water partition coefficient (Wildman–Crippen LogP) is 3.11. The van der Waals surface area contributed by atoms with Crippen molar-refractivity contribution in [1.29, 1.82) is 0 Å². The highest BCUT2D eigenvalue weighted by atomic mass is 19.1. The number of likely N-dealkylation sites (tertiary alicyclic amines) is 2. The van der Waals surface area contributed by atoms with Gasteiger partial charge in [-0.2, -0.15) is 0 Å². The Hall–Kier alpha value is -2.05. The van der Waals surface area contributed by atoms with Gasteiger partial charge in [0.1, 0.15) is 5.82 Å². The first-order valence-electron chi connectivity index (χ1n) is 9.68. The van der Waals surface area contributed by atoms with E-state index in [1.807, 2.05) is 24.5 Å². The standard InChI is InChI=1S/C21H27FN4O/c1-27-20-23-11-18(12-24-20)14-26-10-8-21(16-26)7-2-9-25(15-21)13-17-3-5-19(22)6-4-17/h3-6,11-12H,2,7-10,13-16H2,1H3. The Balaban J connectivity index is 1.35. The van der Waals surface area contributed by atoms with E-state index in [1.165, 1.54) is 24.8 Å². The summed E-state index contributed by atoms with van der Waals surface area (Å²) in [4.78, 5) is 13.5. The second-order valence-corrected chi connectivity index (χ2v) is 7.98. The van der Waals surface area contributed by atoms with E-state index in [0.29, 0.717) is 11.4 Å². The van der Waals surface area contributed by atoms with Gasteiger partial charge in [0.25, 0.3) is 0 Å². The predicted molar refractivity (Wildman–Crippen MR) is 102 cm³/mol. The molecule has 1 spiro atoms. The molecule has 0 saturated carbocycles. The third-order valence-corrected chi connectivity index (χ3v) is 5.85. The van der Waals surface area contributed by atoms with Crippen LogP contribution in [0.4, 0.5) is 4.39 Å². The van der Waals surface area contributed by atoms with Crippen molar-refractivity contribution in [1.82, 2.24) is 19.8 Å². The van der Waals surface area contributed by atoms with Gasteiger partial charge in [-0.05, 0) is 55.5 Å². The number of benzene rings is 1. The molecule has 2 fully saturated rings. The van der Waals surface area contributed by atoms with E-state index in [-0.39, 0.29) is 5.82 Å². The van der Waals surface area contributed by atoms with Gasteiger partial charge in [0.2, 0.25) is 0 Å². The maximum Gasteiger partial charge on any atom is 0.316 e. The minimum absolute atomic E-state index is 0.164. The summed E-state index contributed by atoms with van der Waals surface area (Å²) in [6, 6.07) is 7.34. The van der Waals surface area contributed by atoms with E-state index < -0.39 is 0 Å². The van der Waals surface area contributed by atoms with E-state index in [0.717, 1.165) is 44.8 Å². The van der Waals surface area contributed by atoms with Gasteiger partial charge in [-0.3, -0.25) is 9.80 Å². The molecule has 0 amide bonds. The van der Waals surface area contributed by atoms with Crippen LogP contribution in [0.25, 0.3) is 0 Å². The highest BCUT2D eigenvalue weighted by molar-refractivity contribution is 5.16. The van der Waals surface area contributed by atoms with Crippen LogP contribution in [0.3, 0.4) is 0 Å². The molecule has 1 aromatic heterocycles. The summed E-state index contributed by atoms with van der Waals surface area (Å²) in [5.74, 6) is -0.164. The normalized spacial score (nSPS) is 23.8. The molecular formula is C21H27FN4O. The fourth-order valence-electron chi connectivity index (χ4n) is 4.58. The molecule has 6 heteroatoms. The maximum absolute atomic E-state index is 13.1. The third kappa shape index (κ3) is 4.45. The largest absolute Gasteiger partial charge is 0.467 e. The van der Waals surface area contributed by atoms with Crippen molar-refractivity contribution in [3.63, 3.8) is 0 Å². The lowest BCUT2D eigenvalue weighted by Crippen LogP contribution is -2.44. The maximum atomic E-state index is 13.1. The number of halogens is 1. The third-order valence-electron chi connectivity index (χ3n) is 5.85. The number of piperidine rings is 1. The smallest absolute Gasteiger partial charge is 0.316 e. The lowest BCUT2D eigenvalue weighted by atomic mass is 9.79. The Kier molecular flexibility index (Phi) is 5.36. The Morgan fingerprint density at radius 1 is 0.963 bits per heavy atom. The monoisotopic (exact) mass is 370 g/mol. The average molecular weight is 370 g/mol. The molecule has 0 aliphatic carbocycles. The van der Waals surface area contributed by atoms with Crippen LogP contribution in [-0.2, 0) is 13.1 Å². The fourth-order valence-corrected chi connectivity index (χ4v) is 4.58. The van der Waals surface area contributed by atoms with Gasteiger partial charge in [0.15, 0.2) is 0 Å². The minimum Gasteiger partial charge on any atom is -0.467 e. The summed E-state index contributed by atoms with van der Waals surface area (Å²) < 4.78 is 18.2. The van der Waals surface area contributed by atoms with Gasteiger partial charge < -0.3 is 4.74 Å². The highest BCUT2D eigenvalue weighted by Gasteiger charge is 2.41. The van der Waals surface area contributed by atoms with Crippen LogP contribution in [-0.4, -0.2) is 53.1 Å². The van der Waals surface area contributed by atoms with Crippen molar-refractivity contribution < 1.29 is 9.13 Å². The van der Waals surface area contributed by atoms with Crippen LogP contribution in [0.15, 0.2) is 36.7 Å². The van der Waals surface area contributed by atoms with Crippen LogP contribution >= 0.6 is 0 Å². The zero-order valence-corrected chi connectivity index (χ0v) is 15.9. The SMILES string of the molecule is COc1ncc(CN2CCC3(CCCN(Cc4ccc(F)cc4)C3)C2)cn1. The number of nitrogens with zero attached hydrogens (tertiary/aromatic N) is 4. The molecule has 1 aromatic carbocycles. The van der Waals surface area contributed by atoms with Gasteiger partial charge in [0, 0.05) is 44.1 Å². The summed E-state index contributed by atoms with van der Waals surface area (Å²) >= 11 is 0. The van der Waals surface area contributed by atoms with E-state index in [9.17, 15) is 4.39 Å². The molecule has 2 aliphatic heterocycles. The van der Waals surface area contributed by atoms with Gasteiger partial charge in [-0.15, -0.1) is 0 Å². The first kappa shape index (κ1) is 18.3. The Morgan fingerprint density at radius 2 is 1.63 bits per heavy atom. The average Bonchev–Trinajstić information content (AvgIpc) is 3.06. The minimum atomic E-state index is -0.164. The van der Waals surface area contributed by atoms with Crippen molar-refractivity contribution in [3.05, 3.63) is 53.6 Å². The Bertz CT molecular complexity index is 752. The summed E-state index contributed by atoms with van der Waals surface area (Å²) in [7, 11) is 1.58. The van der Waals surface area contributed by atoms with Gasteiger partial charge >= 0.3 is 6.01 Å². The van der Waals surface area contributed by atoms with E-state index in [1.54, 1.807) is 19.2 Å². The second-order valence-electron chi connectivity index (χ2n) is 7.98. The van der Waals surface area contributed by atoms with Crippen molar-refractivity contribution in [2.45, 2.75) is 32.4 Å². The number of ether oxygens (including phenoxy) is 1. The number of rotatable bonds is 5. The first-order valence-corrected chi connectivity index (χ1v) is 9.68. The lowest BCUT2D eigenvalue weighted by Gasteiger charge is -2.40.